The first kappa shape index (κ1) is 17.7. The third-order valence-corrected chi connectivity index (χ3v) is 4.43. The standard InChI is InChI=1S/C18H20O6/c1-22-15(19)14-11-7-10-13(12-8-5-4-6-9-12)18(14,16(20)23-2)17(21)24-3/h4-10,13-14H,11H2,1-3H3/t13-,14-/m0/s1. The van der Waals surface area contributed by atoms with E-state index in [1.54, 1.807) is 36.4 Å². The highest BCUT2D eigenvalue weighted by Crippen LogP contribution is 2.50. The van der Waals surface area contributed by atoms with Crippen LogP contribution in [-0.4, -0.2) is 39.2 Å². The molecule has 1 aromatic carbocycles. The molecule has 0 aromatic heterocycles. The summed E-state index contributed by atoms with van der Waals surface area (Å²) in [4.78, 5) is 37.8. The van der Waals surface area contributed by atoms with E-state index in [0.29, 0.717) is 5.56 Å². The second-order valence-electron chi connectivity index (χ2n) is 5.48. The number of benzene rings is 1. The summed E-state index contributed by atoms with van der Waals surface area (Å²) in [7, 11) is 3.58. The number of carbonyl (C=O) groups is 3. The van der Waals surface area contributed by atoms with Crippen molar-refractivity contribution in [2.24, 2.45) is 11.3 Å². The minimum atomic E-state index is -1.83. The number of rotatable bonds is 4. The lowest BCUT2D eigenvalue weighted by Crippen LogP contribution is -2.54. The fourth-order valence-corrected chi connectivity index (χ4v) is 3.32. The fraction of sp³-hybridized carbons (Fsp3) is 0.389. The van der Waals surface area contributed by atoms with E-state index in [4.69, 9.17) is 14.2 Å². The predicted octanol–water partition coefficient (Wildman–Crippen LogP) is 1.85. The molecule has 0 bridgehead atoms. The molecular formula is C18H20O6. The van der Waals surface area contributed by atoms with E-state index in [9.17, 15) is 14.4 Å². The predicted molar refractivity (Wildman–Crippen MR) is 84.9 cm³/mol. The number of ether oxygens (including phenoxy) is 3. The van der Waals surface area contributed by atoms with Gasteiger partial charge < -0.3 is 14.2 Å². The molecule has 128 valence electrons. The highest BCUT2D eigenvalue weighted by Gasteiger charge is 2.63. The third kappa shape index (κ3) is 2.68. The zero-order valence-electron chi connectivity index (χ0n) is 13.9. The second-order valence-corrected chi connectivity index (χ2v) is 5.48. The lowest BCUT2D eigenvalue weighted by molar-refractivity contribution is -0.182. The van der Waals surface area contributed by atoms with Gasteiger partial charge in [0.15, 0.2) is 5.41 Å². The molecule has 1 aromatic rings. The second kappa shape index (κ2) is 7.29. The Morgan fingerprint density at radius 2 is 1.54 bits per heavy atom. The molecule has 0 aliphatic heterocycles. The Morgan fingerprint density at radius 3 is 2.04 bits per heavy atom. The SMILES string of the molecule is COC(=O)[C@@H]1CC=C[C@@H](c2ccccc2)C1(C(=O)OC)C(=O)OC. The minimum Gasteiger partial charge on any atom is -0.469 e. The molecule has 0 radical (unpaired) electrons. The number of allylic oxidation sites excluding steroid dienone is 2. The molecule has 0 saturated carbocycles. The van der Waals surface area contributed by atoms with Gasteiger partial charge in [0, 0.05) is 5.92 Å². The van der Waals surface area contributed by atoms with Crippen molar-refractivity contribution in [1.82, 2.24) is 0 Å². The van der Waals surface area contributed by atoms with Crippen molar-refractivity contribution in [1.29, 1.82) is 0 Å². The highest BCUT2D eigenvalue weighted by atomic mass is 16.5. The summed E-state index contributed by atoms with van der Waals surface area (Å²) < 4.78 is 14.7. The minimum absolute atomic E-state index is 0.181. The lowest BCUT2D eigenvalue weighted by Gasteiger charge is -2.41. The summed E-state index contributed by atoms with van der Waals surface area (Å²) in [5, 5.41) is 0. The number of esters is 3. The van der Waals surface area contributed by atoms with Crippen LogP contribution in [0, 0.1) is 11.3 Å². The molecule has 2 atom stereocenters. The molecule has 2 rings (SSSR count). The summed E-state index contributed by atoms with van der Waals surface area (Å²) in [6.45, 7) is 0. The number of methoxy groups -OCH3 is 3. The third-order valence-electron chi connectivity index (χ3n) is 4.43. The van der Waals surface area contributed by atoms with Crippen LogP contribution >= 0.6 is 0 Å². The Bertz CT molecular complexity index is 633. The monoisotopic (exact) mass is 332 g/mol. The van der Waals surface area contributed by atoms with E-state index in [1.807, 2.05) is 6.07 Å². The fourth-order valence-electron chi connectivity index (χ4n) is 3.32. The van der Waals surface area contributed by atoms with Gasteiger partial charge in [0.1, 0.15) is 0 Å². The number of hydrogen-bond donors (Lipinski definition) is 0. The van der Waals surface area contributed by atoms with Crippen molar-refractivity contribution in [3.05, 3.63) is 48.0 Å². The molecule has 0 saturated heterocycles. The van der Waals surface area contributed by atoms with Crippen LogP contribution in [0.2, 0.25) is 0 Å². The molecule has 0 N–H and O–H groups in total. The van der Waals surface area contributed by atoms with Crippen LogP contribution in [0.15, 0.2) is 42.5 Å². The van der Waals surface area contributed by atoms with Crippen LogP contribution in [0.5, 0.6) is 0 Å². The molecule has 1 aliphatic carbocycles. The van der Waals surface area contributed by atoms with Gasteiger partial charge in [-0.2, -0.15) is 0 Å². The summed E-state index contributed by atoms with van der Waals surface area (Å²) in [6.07, 6.45) is 3.69. The van der Waals surface area contributed by atoms with E-state index in [-0.39, 0.29) is 6.42 Å². The van der Waals surface area contributed by atoms with Gasteiger partial charge >= 0.3 is 17.9 Å². The number of carbonyl (C=O) groups excluding carboxylic acids is 3. The van der Waals surface area contributed by atoms with Gasteiger partial charge in [-0.15, -0.1) is 0 Å². The van der Waals surface area contributed by atoms with Crippen molar-refractivity contribution in [2.75, 3.05) is 21.3 Å². The molecule has 6 heteroatoms. The van der Waals surface area contributed by atoms with Gasteiger partial charge in [-0.3, -0.25) is 14.4 Å². The summed E-state index contributed by atoms with van der Waals surface area (Å²) >= 11 is 0. The first-order valence-corrected chi connectivity index (χ1v) is 7.50. The maximum Gasteiger partial charge on any atom is 0.325 e. The molecule has 0 heterocycles. The number of hydrogen-bond acceptors (Lipinski definition) is 6. The lowest BCUT2D eigenvalue weighted by atomic mass is 9.60. The zero-order valence-corrected chi connectivity index (χ0v) is 13.9. The molecule has 0 spiro atoms. The van der Waals surface area contributed by atoms with Crippen LogP contribution in [0.1, 0.15) is 17.9 Å². The van der Waals surface area contributed by atoms with E-state index >= 15 is 0 Å². The van der Waals surface area contributed by atoms with E-state index in [0.717, 1.165) is 0 Å². The van der Waals surface area contributed by atoms with Crippen LogP contribution in [0.4, 0.5) is 0 Å². The van der Waals surface area contributed by atoms with Crippen LogP contribution in [-0.2, 0) is 28.6 Å². The normalized spacial score (nSPS) is 21.6. The first-order chi connectivity index (χ1) is 11.5. The van der Waals surface area contributed by atoms with Crippen molar-refractivity contribution in [2.45, 2.75) is 12.3 Å². The van der Waals surface area contributed by atoms with Crippen LogP contribution < -0.4 is 0 Å². The quantitative estimate of drug-likeness (QED) is 0.362. The molecule has 24 heavy (non-hydrogen) atoms. The summed E-state index contributed by atoms with van der Waals surface area (Å²) in [5.74, 6) is -4.02. The highest BCUT2D eigenvalue weighted by molar-refractivity contribution is 6.05. The maximum atomic E-state index is 12.7. The van der Waals surface area contributed by atoms with Crippen LogP contribution in [0.3, 0.4) is 0 Å². The molecule has 0 unspecified atom stereocenters. The molecule has 0 amide bonds. The average molecular weight is 332 g/mol. The van der Waals surface area contributed by atoms with Crippen molar-refractivity contribution < 1.29 is 28.6 Å². The van der Waals surface area contributed by atoms with Gasteiger partial charge in [0.2, 0.25) is 0 Å². The van der Waals surface area contributed by atoms with Gasteiger partial charge in [0.05, 0.1) is 27.2 Å². The van der Waals surface area contributed by atoms with Crippen LogP contribution in [0.25, 0.3) is 0 Å². The van der Waals surface area contributed by atoms with Crippen molar-refractivity contribution in [3.63, 3.8) is 0 Å². The van der Waals surface area contributed by atoms with E-state index < -0.39 is 35.2 Å². The Labute approximate surface area is 140 Å². The van der Waals surface area contributed by atoms with Gasteiger partial charge in [-0.1, -0.05) is 42.5 Å². The Hall–Kier alpha value is -2.63. The van der Waals surface area contributed by atoms with Gasteiger partial charge in [-0.25, -0.2) is 0 Å². The Morgan fingerprint density at radius 1 is 0.958 bits per heavy atom. The van der Waals surface area contributed by atoms with Gasteiger partial charge in [-0.05, 0) is 12.0 Å². The van der Waals surface area contributed by atoms with E-state index in [2.05, 4.69) is 0 Å². The summed E-state index contributed by atoms with van der Waals surface area (Å²) in [6, 6.07) is 8.99. The molecular weight excluding hydrogens is 312 g/mol. The summed E-state index contributed by atoms with van der Waals surface area (Å²) in [5.41, 5.74) is -1.12. The van der Waals surface area contributed by atoms with Gasteiger partial charge in [0.25, 0.3) is 0 Å². The molecule has 0 fully saturated rings. The average Bonchev–Trinajstić information content (AvgIpc) is 2.65. The Kier molecular flexibility index (Phi) is 5.39. The first-order valence-electron chi connectivity index (χ1n) is 7.50. The Balaban J connectivity index is 2.73. The van der Waals surface area contributed by atoms with Crippen molar-refractivity contribution in [3.8, 4) is 0 Å². The molecule has 1 aliphatic rings. The molecule has 6 nitrogen and oxygen atoms in total. The smallest absolute Gasteiger partial charge is 0.325 e. The topological polar surface area (TPSA) is 78.9 Å². The zero-order chi connectivity index (χ0) is 17.7. The van der Waals surface area contributed by atoms with E-state index in [1.165, 1.54) is 21.3 Å². The largest absolute Gasteiger partial charge is 0.469 e. The van der Waals surface area contributed by atoms with Crippen molar-refractivity contribution >= 4 is 17.9 Å². The maximum absolute atomic E-state index is 12.7.